The summed E-state index contributed by atoms with van der Waals surface area (Å²) in [5, 5.41) is 12.1. The standard InChI is InChI=1S/C28H28N2O7S/c1-4-14-36-20-12-8-19(9-13-20)25-24(27(34)35-5-2)17(3)29-28-30(25)26(33)22(38-28)15-18-6-10-21(11-7-18)37-16-23(31)32/h4,6-13,15,25,28-29H,1,5,14,16H2,2-3H3,(H,31,32)/b22-15-/t25-,28+/m0/s1. The summed E-state index contributed by atoms with van der Waals surface area (Å²) in [7, 11) is 0. The van der Waals surface area contributed by atoms with E-state index in [2.05, 4.69) is 11.9 Å². The van der Waals surface area contributed by atoms with Crippen molar-refractivity contribution in [3.05, 3.63) is 88.5 Å². The molecule has 0 unspecified atom stereocenters. The molecule has 198 valence electrons. The van der Waals surface area contributed by atoms with Gasteiger partial charge in [-0.2, -0.15) is 0 Å². The number of thioether (sulfide) groups is 1. The molecule has 2 N–H and O–H groups in total. The monoisotopic (exact) mass is 536 g/mol. The third-order valence-corrected chi connectivity index (χ3v) is 6.95. The van der Waals surface area contributed by atoms with Gasteiger partial charge in [0.05, 0.1) is 23.1 Å². The first kappa shape index (κ1) is 26.9. The van der Waals surface area contributed by atoms with E-state index >= 15 is 0 Å². The van der Waals surface area contributed by atoms with Gasteiger partial charge in [-0.05, 0) is 55.3 Å². The molecular weight excluding hydrogens is 508 g/mol. The quantitative estimate of drug-likeness (QED) is 0.263. The van der Waals surface area contributed by atoms with Crippen molar-refractivity contribution in [3.63, 3.8) is 0 Å². The molecule has 4 rings (SSSR count). The molecule has 0 aromatic heterocycles. The highest BCUT2D eigenvalue weighted by Crippen LogP contribution is 2.46. The van der Waals surface area contributed by atoms with Gasteiger partial charge in [-0.1, -0.05) is 48.7 Å². The summed E-state index contributed by atoms with van der Waals surface area (Å²) >= 11 is 1.35. The molecule has 1 fully saturated rings. The Kier molecular flexibility index (Phi) is 8.42. The van der Waals surface area contributed by atoms with Gasteiger partial charge >= 0.3 is 11.9 Å². The van der Waals surface area contributed by atoms with Gasteiger partial charge in [0, 0.05) is 5.70 Å². The van der Waals surface area contributed by atoms with Gasteiger partial charge in [-0.3, -0.25) is 9.69 Å². The zero-order chi connectivity index (χ0) is 27.2. The average Bonchev–Trinajstić information content (AvgIpc) is 3.20. The van der Waals surface area contributed by atoms with Crippen molar-refractivity contribution in [2.45, 2.75) is 25.4 Å². The van der Waals surface area contributed by atoms with Gasteiger partial charge in [-0.15, -0.1) is 0 Å². The second-order valence-electron chi connectivity index (χ2n) is 8.42. The maximum Gasteiger partial charge on any atom is 0.341 e. The van der Waals surface area contributed by atoms with Crippen LogP contribution in [0.3, 0.4) is 0 Å². The van der Waals surface area contributed by atoms with Crippen LogP contribution in [0.5, 0.6) is 11.5 Å². The number of fused-ring (bicyclic) bond motifs is 1. The van der Waals surface area contributed by atoms with Crippen LogP contribution in [0.2, 0.25) is 0 Å². The van der Waals surface area contributed by atoms with Crippen LogP contribution >= 0.6 is 11.8 Å². The van der Waals surface area contributed by atoms with Crippen LogP contribution in [0, 0.1) is 0 Å². The first-order chi connectivity index (χ1) is 18.3. The van der Waals surface area contributed by atoms with Crippen LogP contribution in [0.1, 0.15) is 31.0 Å². The fourth-order valence-corrected chi connectivity index (χ4v) is 5.39. The van der Waals surface area contributed by atoms with Crippen molar-refractivity contribution in [2.24, 2.45) is 0 Å². The lowest BCUT2D eigenvalue weighted by atomic mass is 9.93. The minimum Gasteiger partial charge on any atom is -0.490 e. The van der Waals surface area contributed by atoms with E-state index in [0.717, 1.165) is 11.1 Å². The molecule has 0 saturated carbocycles. The van der Waals surface area contributed by atoms with Crippen LogP contribution in [-0.2, 0) is 19.1 Å². The van der Waals surface area contributed by atoms with Gasteiger partial charge in [0.15, 0.2) is 12.1 Å². The molecule has 1 amide bonds. The van der Waals surface area contributed by atoms with Gasteiger partial charge in [0.1, 0.15) is 18.1 Å². The van der Waals surface area contributed by atoms with E-state index in [0.29, 0.717) is 34.3 Å². The Morgan fingerprint density at radius 3 is 2.39 bits per heavy atom. The average molecular weight is 537 g/mol. The topological polar surface area (TPSA) is 114 Å². The van der Waals surface area contributed by atoms with E-state index in [9.17, 15) is 14.4 Å². The highest BCUT2D eigenvalue weighted by molar-refractivity contribution is 8.05. The molecule has 2 aliphatic heterocycles. The molecular formula is C28H28N2O7S. The number of hydrogen-bond donors (Lipinski definition) is 2. The normalized spacial score (nSPS) is 19.6. The Morgan fingerprint density at radius 2 is 1.76 bits per heavy atom. The predicted octanol–water partition coefficient (Wildman–Crippen LogP) is 4.10. The molecule has 10 heteroatoms. The molecule has 0 bridgehead atoms. The molecule has 1 saturated heterocycles. The van der Waals surface area contributed by atoms with Gasteiger partial charge in [-0.25, -0.2) is 9.59 Å². The Bertz CT molecular complexity index is 1290. The van der Waals surface area contributed by atoms with E-state index in [-0.39, 0.29) is 12.5 Å². The summed E-state index contributed by atoms with van der Waals surface area (Å²) in [6.45, 7) is 7.34. The van der Waals surface area contributed by atoms with Crippen LogP contribution in [-0.4, -0.2) is 53.2 Å². The van der Waals surface area contributed by atoms with Gasteiger partial charge in [0.25, 0.3) is 5.91 Å². The summed E-state index contributed by atoms with van der Waals surface area (Å²) in [6.07, 6.45) is 3.41. The molecule has 0 aliphatic carbocycles. The van der Waals surface area contributed by atoms with Gasteiger partial charge in [0.2, 0.25) is 0 Å². The lowest BCUT2D eigenvalue weighted by Gasteiger charge is -2.39. The van der Waals surface area contributed by atoms with E-state index in [1.807, 2.05) is 12.1 Å². The van der Waals surface area contributed by atoms with E-state index in [1.165, 1.54) is 11.8 Å². The number of aliphatic carboxylic acids is 1. The summed E-state index contributed by atoms with van der Waals surface area (Å²) in [5.74, 6) is -0.715. The third-order valence-electron chi connectivity index (χ3n) is 5.83. The number of nitrogens with zero attached hydrogens (tertiary/aromatic N) is 1. The summed E-state index contributed by atoms with van der Waals surface area (Å²) in [5.41, 5.74) is 2.09. The Labute approximate surface area is 224 Å². The third kappa shape index (κ3) is 5.86. The maximum absolute atomic E-state index is 13.7. The van der Waals surface area contributed by atoms with Crippen molar-refractivity contribution >= 4 is 35.7 Å². The lowest BCUT2D eigenvalue weighted by molar-refractivity contribution is -0.141. The molecule has 2 atom stereocenters. The minimum atomic E-state index is -1.06. The zero-order valence-corrected chi connectivity index (χ0v) is 21.8. The van der Waals surface area contributed by atoms with Crippen molar-refractivity contribution in [1.29, 1.82) is 0 Å². The van der Waals surface area contributed by atoms with Crippen LogP contribution in [0.15, 0.2) is 77.4 Å². The lowest BCUT2D eigenvalue weighted by Crippen LogP contribution is -2.49. The molecule has 0 radical (unpaired) electrons. The second kappa shape index (κ2) is 11.9. The predicted molar refractivity (Wildman–Crippen MR) is 143 cm³/mol. The van der Waals surface area contributed by atoms with Crippen molar-refractivity contribution in [3.8, 4) is 11.5 Å². The Balaban J connectivity index is 1.65. The van der Waals surface area contributed by atoms with Crippen LogP contribution in [0.4, 0.5) is 0 Å². The number of carbonyl (C=O) groups excluding carboxylic acids is 2. The second-order valence-corrected chi connectivity index (χ2v) is 9.54. The Morgan fingerprint density at radius 1 is 1.11 bits per heavy atom. The first-order valence-corrected chi connectivity index (χ1v) is 12.8. The fourth-order valence-electron chi connectivity index (χ4n) is 4.17. The van der Waals surface area contributed by atoms with E-state index in [4.69, 9.17) is 19.3 Å². The van der Waals surface area contributed by atoms with Gasteiger partial charge < -0.3 is 24.6 Å². The number of amides is 1. The molecule has 2 heterocycles. The van der Waals surface area contributed by atoms with Crippen molar-refractivity contribution in [2.75, 3.05) is 19.8 Å². The summed E-state index contributed by atoms with van der Waals surface area (Å²) in [4.78, 5) is 39.6. The Hall–Kier alpha value is -4.18. The summed E-state index contributed by atoms with van der Waals surface area (Å²) in [6, 6.07) is 13.4. The molecule has 38 heavy (non-hydrogen) atoms. The van der Waals surface area contributed by atoms with Crippen molar-refractivity contribution < 1.29 is 33.7 Å². The highest BCUT2D eigenvalue weighted by atomic mass is 32.2. The number of carbonyl (C=O) groups is 3. The number of allylic oxidation sites excluding steroid dienone is 1. The number of carboxylic acid groups (broad SMARTS) is 1. The van der Waals surface area contributed by atoms with E-state index < -0.39 is 30.1 Å². The largest absolute Gasteiger partial charge is 0.490 e. The molecule has 2 aliphatic rings. The molecule has 0 spiro atoms. The van der Waals surface area contributed by atoms with Crippen molar-refractivity contribution in [1.82, 2.24) is 10.2 Å². The summed E-state index contributed by atoms with van der Waals surface area (Å²) < 4.78 is 16.1. The minimum absolute atomic E-state index is 0.208. The number of carboxylic acids is 1. The van der Waals surface area contributed by atoms with Crippen LogP contribution < -0.4 is 14.8 Å². The smallest absolute Gasteiger partial charge is 0.341 e. The highest BCUT2D eigenvalue weighted by Gasteiger charge is 2.47. The number of ether oxygens (including phenoxy) is 3. The fraction of sp³-hybridized carbons (Fsp3) is 0.250. The molecule has 2 aromatic carbocycles. The molecule has 2 aromatic rings. The first-order valence-electron chi connectivity index (χ1n) is 12.0. The van der Waals surface area contributed by atoms with E-state index in [1.54, 1.807) is 67.3 Å². The maximum atomic E-state index is 13.7. The SMILES string of the molecule is C=CCOc1ccc([C@H]2C(C(=O)OCC)=C(C)N[C@H]3S/C(=C\c4ccc(OCC(=O)O)cc4)C(=O)N23)cc1. The molecule has 9 nitrogen and oxygen atoms in total. The number of nitrogens with one attached hydrogen (secondary N) is 1. The van der Waals surface area contributed by atoms with Crippen LogP contribution in [0.25, 0.3) is 6.08 Å². The zero-order valence-electron chi connectivity index (χ0n) is 21.0. The number of hydrogen-bond acceptors (Lipinski definition) is 8. The number of esters is 1. The number of benzene rings is 2. The number of rotatable bonds is 10.